The van der Waals surface area contributed by atoms with Crippen LogP contribution < -0.4 is 0 Å². The number of aromatic nitrogens is 1. The Kier molecular flexibility index (Phi) is 5.65. The smallest absolute Gasteiger partial charge is 0.246 e. The SMILES string of the molecule is CCC1CN(C)CCCN1S(=O)(=O)c1cc(Br)cnc1Cl. The van der Waals surface area contributed by atoms with E-state index < -0.39 is 10.0 Å². The van der Waals surface area contributed by atoms with Gasteiger partial charge < -0.3 is 4.90 Å². The minimum atomic E-state index is -3.64. The summed E-state index contributed by atoms with van der Waals surface area (Å²) in [6.07, 6.45) is 3.07. The highest BCUT2D eigenvalue weighted by Crippen LogP contribution is 2.28. The maximum atomic E-state index is 13.0. The van der Waals surface area contributed by atoms with E-state index in [1.165, 1.54) is 12.3 Å². The maximum Gasteiger partial charge on any atom is 0.246 e. The van der Waals surface area contributed by atoms with E-state index in [1.54, 1.807) is 4.31 Å². The van der Waals surface area contributed by atoms with Gasteiger partial charge in [0.05, 0.1) is 0 Å². The van der Waals surface area contributed by atoms with Crippen molar-refractivity contribution in [3.05, 3.63) is 21.9 Å². The summed E-state index contributed by atoms with van der Waals surface area (Å²) in [5, 5.41) is 0.0191. The monoisotopic (exact) mass is 395 g/mol. The maximum absolute atomic E-state index is 13.0. The minimum Gasteiger partial charge on any atom is -0.305 e. The van der Waals surface area contributed by atoms with Gasteiger partial charge in [0.15, 0.2) is 0 Å². The standard InChI is InChI=1S/C13H19BrClN3O2S/c1-3-11-9-17(2)5-4-6-18(11)21(19,20)12-7-10(14)8-16-13(12)15/h7-8,11H,3-6,9H2,1-2H3. The lowest BCUT2D eigenvalue weighted by Crippen LogP contribution is -2.43. The van der Waals surface area contributed by atoms with Crippen molar-refractivity contribution in [2.24, 2.45) is 0 Å². The van der Waals surface area contributed by atoms with E-state index in [2.05, 4.69) is 25.8 Å². The molecule has 1 aliphatic rings. The molecule has 0 amide bonds. The molecule has 0 saturated carbocycles. The van der Waals surface area contributed by atoms with E-state index in [4.69, 9.17) is 11.6 Å². The van der Waals surface area contributed by atoms with Gasteiger partial charge in [-0.1, -0.05) is 18.5 Å². The minimum absolute atomic E-state index is 0.0191. The van der Waals surface area contributed by atoms with Gasteiger partial charge in [-0.05, 0) is 48.4 Å². The zero-order valence-corrected chi connectivity index (χ0v) is 15.2. The van der Waals surface area contributed by atoms with Crippen molar-refractivity contribution < 1.29 is 8.42 Å². The van der Waals surface area contributed by atoms with Crippen LogP contribution in [0.4, 0.5) is 0 Å². The zero-order valence-electron chi connectivity index (χ0n) is 12.1. The first-order valence-corrected chi connectivity index (χ1v) is 9.48. The van der Waals surface area contributed by atoms with Gasteiger partial charge in [-0.2, -0.15) is 4.31 Å². The topological polar surface area (TPSA) is 53.5 Å². The van der Waals surface area contributed by atoms with Crippen molar-refractivity contribution in [1.82, 2.24) is 14.2 Å². The van der Waals surface area contributed by atoms with E-state index in [9.17, 15) is 8.42 Å². The van der Waals surface area contributed by atoms with Crippen molar-refractivity contribution in [2.75, 3.05) is 26.7 Å². The second-order valence-corrected chi connectivity index (χ2v) is 8.37. The van der Waals surface area contributed by atoms with Crippen LogP contribution in [-0.2, 0) is 10.0 Å². The molecule has 5 nitrogen and oxygen atoms in total. The van der Waals surface area contributed by atoms with Gasteiger partial charge in [0.1, 0.15) is 10.0 Å². The summed E-state index contributed by atoms with van der Waals surface area (Å²) >= 11 is 9.27. The third-order valence-corrected chi connectivity index (χ3v) is 6.49. The molecule has 0 radical (unpaired) electrons. The first kappa shape index (κ1) is 17.1. The summed E-state index contributed by atoms with van der Waals surface area (Å²) in [5.74, 6) is 0. The summed E-state index contributed by atoms with van der Waals surface area (Å²) < 4.78 is 28.1. The zero-order chi connectivity index (χ0) is 15.6. The van der Waals surface area contributed by atoms with Gasteiger partial charge in [-0.25, -0.2) is 13.4 Å². The molecule has 0 spiro atoms. The first-order valence-electron chi connectivity index (χ1n) is 6.87. The molecular formula is C13H19BrClN3O2S. The molecule has 1 aromatic rings. The predicted octanol–water partition coefficient (Wildman–Crippen LogP) is 2.60. The molecule has 1 aromatic heterocycles. The van der Waals surface area contributed by atoms with Gasteiger partial charge in [-0.3, -0.25) is 0 Å². The van der Waals surface area contributed by atoms with Gasteiger partial charge in [-0.15, -0.1) is 0 Å². The van der Waals surface area contributed by atoms with Gasteiger partial charge >= 0.3 is 0 Å². The third-order valence-electron chi connectivity index (χ3n) is 3.68. The molecule has 118 valence electrons. The highest BCUT2D eigenvalue weighted by Gasteiger charge is 2.34. The Balaban J connectivity index is 2.43. The highest BCUT2D eigenvalue weighted by atomic mass is 79.9. The second kappa shape index (κ2) is 6.91. The predicted molar refractivity (Wildman–Crippen MR) is 87.0 cm³/mol. The molecular weight excluding hydrogens is 378 g/mol. The largest absolute Gasteiger partial charge is 0.305 e. The number of rotatable bonds is 3. The Morgan fingerprint density at radius 3 is 2.86 bits per heavy atom. The highest BCUT2D eigenvalue weighted by molar-refractivity contribution is 9.10. The molecule has 0 aliphatic carbocycles. The number of pyridine rings is 1. The molecule has 0 aromatic carbocycles. The van der Waals surface area contributed by atoms with Crippen LogP contribution >= 0.6 is 27.5 Å². The molecule has 8 heteroatoms. The van der Waals surface area contributed by atoms with E-state index in [0.29, 0.717) is 11.0 Å². The lowest BCUT2D eigenvalue weighted by Gasteiger charge is -2.29. The van der Waals surface area contributed by atoms with Crippen molar-refractivity contribution in [3.8, 4) is 0 Å². The summed E-state index contributed by atoms with van der Waals surface area (Å²) in [5.41, 5.74) is 0. The first-order chi connectivity index (χ1) is 9.86. The molecule has 1 unspecified atom stereocenters. The van der Waals surface area contributed by atoms with Gasteiger partial charge in [0.2, 0.25) is 10.0 Å². The van der Waals surface area contributed by atoms with E-state index in [0.717, 1.165) is 25.9 Å². The molecule has 1 fully saturated rings. The summed E-state index contributed by atoms with van der Waals surface area (Å²) in [6, 6.07) is 1.48. The normalized spacial score (nSPS) is 22.2. The van der Waals surface area contributed by atoms with Crippen LogP contribution in [-0.4, -0.2) is 55.3 Å². The fraction of sp³-hybridized carbons (Fsp3) is 0.615. The Hall–Kier alpha value is -0.210. The molecule has 2 rings (SSSR count). The molecule has 0 N–H and O–H groups in total. The molecule has 1 atom stereocenters. The number of hydrogen-bond donors (Lipinski definition) is 0. The third kappa shape index (κ3) is 3.76. The van der Waals surface area contributed by atoms with Crippen molar-refractivity contribution in [3.63, 3.8) is 0 Å². The number of halogens is 2. The van der Waals surface area contributed by atoms with E-state index >= 15 is 0 Å². The van der Waals surface area contributed by atoms with E-state index in [-0.39, 0.29) is 16.1 Å². The summed E-state index contributed by atoms with van der Waals surface area (Å²) in [6.45, 7) is 4.14. The number of hydrogen-bond acceptors (Lipinski definition) is 4. The number of nitrogens with zero attached hydrogens (tertiary/aromatic N) is 3. The quantitative estimate of drug-likeness (QED) is 0.737. The van der Waals surface area contributed by atoms with Crippen LogP contribution in [0.3, 0.4) is 0 Å². The van der Waals surface area contributed by atoms with Crippen molar-refractivity contribution in [1.29, 1.82) is 0 Å². The fourth-order valence-electron chi connectivity index (χ4n) is 2.58. The Morgan fingerprint density at radius 2 is 2.19 bits per heavy atom. The van der Waals surface area contributed by atoms with Crippen LogP contribution in [0.2, 0.25) is 5.15 Å². The fourth-order valence-corrected chi connectivity index (χ4v) is 5.23. The molecule has 2 heterocycles. The van der Waals surface area contributed by atoms with Crippen LogP contribution in [0.15, 0.2) is 21.6 Å². The lowest BCUT2D eigenvalue weighted by atomic mass is 10.2. The molecule has 1 aliphatic heterocycles. The Labute approximate surface area is 139 Å². The van der Waals surface area contributed by atoms with Crippen LogP contribution in [0.25, 0.3) is 0 Å². The molecule has 0 bridgehead atoms. The average Bonchev–Trinajstić information content (AvgIpc) is 2.63. The summed E-state index contributed by atoms with van der Waals surface area (Å²) in [4.78, 5) is 6.17. The second-order valence-electron chi connectivity index (χ2n) is 5.24. The Bertz CT molecular complexity index is 611. The molecule has 1 saturated heterocycles. The van der Waals surface area contributed by atoms with Crippen LogP contribution in [0.5, 0.6) is 0 Å². The van der Waals surface area contributed by atoms with Crippen LogP contribution in [0, 0.1) is 0 Å². The van der Waals surface area contributed by atoms with Crippen molar-refractivity contribution in [2.45, 2.75) is 30.7 Å². The number of sulfonamides is 1. The van der Waals surface area contributed by atoms with Crippen LogP contribution in [0.1, 0.15) is 19.8 Å². The Morgan fingerprint density at radius 1 is 1.48 bits per heavy atom. The average molecular weight is 397 g/mol. The van der Waals surface area contributed by atoms with Crippen molar-refractivity contribution >= 4 is 37.6 Å². The van der Waals surface area contributed by atoms with Gasteiger partial charge in [0, 0.05) is 29.8 Å². The number of likely N-dealkylation sites (N-methyl/N-ethyl adjacent to an activating group) is 1. The van der Waals surface area contributed by atoms with E-state index in [1.807, 2.05) is 14.0 Å². The summed E-state index contributed by atoms with van der Waals surface area (Å²) in [7, 11) is -1.62. The van der Waals surface area contributed by atoms with Gasteiger partial charge in [0.25, 0.3) is 0 Å². The lowest BCUT2D eigenvalue weighted by molar-refractivity contribution is 0.270. The molecule has 21 heavy (non-hydrogen) atoms.